The van der Waals surface area contributed by atoms with Crippen LogP contribution in [0.4, 0.5) is 5.69 Å². The zero-order valence-corrected chi connectivity index (χ0v) is 10.1. The Kier molecular flexibility index (Phi) is 3.51. The number of hydrogen-bond donors (Lipinski definition) is 0. The predicted octanol–water partition coefficient (Wildman–Crippen LogP) is 2.90. The van der Waals surface area contributed by atoms with E-state index >= 15 is 0 Å². The first-order chi connectivity index (χ1) is 9.11. The molecule has 0 saturated heterocycles. The van der Waals surface area contributed by atoms with Gasteiger partial charge in [-0.3, -0.25) is 19.9 Å². The fraction of sp³-hybridized carbons (Fsp3) is 0.0769. The molecule has 19 heavy (non-hydrogen) atoms. The van der Waals surface area contributed by atoms with E-state index in [0.29, 0.717) is 17.7 Å². The Bertz CT molecular complexity index is 640. The SMILES string of the molecule is Cc1ncccc1Oc1ccc([N+](=O)[O-])cc1C=O. The van der Waals surface area contributed by atoms with E-state index in [0.717, 1.165) is 0 Å². The molecule has 0 atom stereocenters. The van der Waals surface area contributed by atoms with Crippen molar-refractivity contribution in [1.82, 2.24) is 4.98 Å². The molecule has 6 heteroatoms. The lowest BCUT2D eigenvalue weighted by Crippen LogP contribution is -1.95. The smallest absolute Gasteiger partial charge is 0.270 e. The van der Waals surface area contributed by atoms with Crippen molar-refractivity contribution in [2.75, 3.05) is 0 Å². The first-order valence-corrected chi connectivity index (χ1v) is 5.45. The van der Waals surface area contributed by atoms with Crippen molar-refractivity contribution in [3.05, 3.63) is 57.9 Å². The average molecular weight is 258 g/mol. The van der Waals surface area contributed by atoms with Gasteiger partial charge in [0.15, 0.2) is 6.29 Å². The van der Waals surface area contributed by atoms with Gasteiger partial charge in [0.25, 0.3) is 5.69 Å². The van der Waals surface area contributed by atoms with E-state index in [2.05, 4.69) is 4.98 Å². The van der Waals surface area contributed by atoms with Gasteiger partial charge in [-0.25, -0.2) is 0 Å². The average Bonchev–Trinajstić information content (AvgIpc) is 2.41. The van der Waals surface area contributed by atoms with Crippen molar-refractivity contribution in [2.45, 2.75) is 6.92 Å². The molecular formula is C13H10N2O4. The molecule has 0 aliphatic rings. The summed E-state index contributed by atoms with van der Waals surface area (Å²) in [6.07, 6.45) is 2.15. The summed E-state index contributed by atoms with van der Waals surface area (Å²) in [7, 11) is 0. The largest absolute Gasteiger partial charge is 0.455 e. The van der Waals surface area contributed by atoms with Crippen LogP contribution in [0.3, 0.4) is 0 Å². The number of non-ortho nitro benzene ring substituents is 1. The highest BCUT2D eigenvalue weighted by Crippen LogP contribution is 2.28. The number of aldehydes is 1. The van der Waals surface area contributed by atoms with Crippen LogP contribution in [0.25, 0.3) is 0 Å². The van der Waals surface area contributed by atoms with Crippen molar-refractivity contribution < 1.29 is 14.5 Å². The summed E-state index contributed by atoms with van der Waals surface area (Å²) in [6.45, 7) is 1.77. The number of carbonyl (C=O) groups excluding carboxylic acids is 1. The molecule has 0 radical (unpaired) electrons. The number of pyridine rings is 1. The van der Waals surface area contributed by atoms with Gasteiger partial charge in [0.05, 0.1) is 16.2 Å². The van der Waals surface area contributed by atoms with Crippen molar-refractivity contribution in [2.24, 2.45) is 0 Å². The van der Waals surface area contributed by atoms with Gasteiger partial charge in [0.1, 0.15) is 11.5 Å². The molecule has 2 rings (SSSR count). The van der Waals surface area contributed by atoms with Gasteiger partial charge in [-0.15, -0.1) is 0 Å². The standard InChI is InChI=1S/C13H10N2O4/c1-9-12(3-2-6-14-9)19-13-5-4-11(15(17)18)7-10(13)8-16/h2-8H,1H3. The van der Waals surface area contributed by atoms with Crippen LogP contribution >= 0.6 is 0 Å². The fourth-order valence-electron chi connectivity index (χ4n) is 1.53. The number of aromatic nitrogens is 1. The van der Waals surface area contributed by atoms with E-state index in [1.807, 2.05) is 0 Å². The number of nitrogens with zero attached hydrogens (tertiary/aromatic N) is 2. The van der Waals surface area contributed by atoms with Crippen LogP contribution in [-0.4, -0.2) is 16.2 Å². The van der Waals surface area contributed by atoms with Crippen LogP contribution in [0.15, 0.2) is 36.5 Å². The second kappa shape index (κ2) is 5.26. The van der Waals surface area contributed by atoms with Gasteiger partial charge in [-0.2, -0.15) is 0 Å². The minimum Gasteiger partial charge on any atom is -0.455 e. The zero-order valence-electron chi connectivity index (χ0n) is 10.1. The van der Waals surface area contributed by atoms with Crippen molar-refractivity contribution in [1.29, 1.82) is 0 Å². The quantitative estimate of drug-likeness (QED) is 0.478. The van der Waals surface area contributed by atoms with Crippen LogP contribution in [-0.2, 0) is 0 Å². The lowest BCUT2D eigenvalue weighted by molar-refractivity contribution is -0.384. The maximum Gasteiger partial charge on any atom is 0.270 e. The third-order valence-electron chi connectivity index (χ3n) is 2.51. The van der Waals surface area contributed by atoms with E-state index in [-0.39, 0.29) is 17.0 Å². The molecule has 0 N–H and O–H groups in total. The van der Waals surface area contributed by atoms with Crippen molar-refractivity contribution >= 4 is 12.0 Å². The topological polar surface area (TPSA) is 82.3 Å². The Morgan fingerprint density at radius 3 is 2.74 bits per heavy atom. The highest BCUT2D eigenvalue weighted by molar-refractivity contribution is 5.80. The summed E-state index contributed by atoms with van der Waals surface area (Å²) >= 11 is 0. The lowest BCUT2D eigenvalue weighted by atomic mass is 10.2. The Morgan fingerprint density at radius 1 is 1.32 bits per heavy atom. The number of carbonyl (C=O) groups is 1. The molecule has 0 amide bonds. The molecule has 0 unspecified atom stereocenters. The highest BCUT2D eigenvalue weighted by Gasteiger charge is 2.12. The molecule has 6 nitrogen and oxygen atoms in total. The van der Waals surface area contributed by atoms with Gasteiger partial charge in [0, 0.05) is 18.3 Å². The van der Waals surface area contributed by atoms with Gasteiger partial charge >= 0.3 is 0 Å². The molecular weight excluding hydrogens is 248 g/mol. The third-order valence-corrected chi connectivity index (χ3v) is 2.51. The second-order valence-electron chi connectivity index (χ2n) is 3.79. The Labute approximate surface area is 108 Å². The summed E-state index contributed by atoms with van der Waals surface area (Å²) in [6, 6.07) is 7.27. The monoisotopic (exact) mass is 258 g/mol. The molecule has 0 saturated carbocycles. The van der Waals surface area contributed by atoms with Gasteiger partial charge < -0.3 is 4.74 Å². The number of aryl methyl sites for hydroxylation is 1. The third kappa shape index (κ3) is 2.74. The van der Waals surface area contributed by atoms with E-state index in [1.165, 1.54) is 18.2 Å². The zero-order chi connectivity index (χ0) is 13.8. The van der Waals surface area contributed by atoms with E-state index in [4.69, 9.17) is 4.74 Å². The fourth-order valence-corrected chi connectivity index (χ4v) is 1.53. The summed E-state index contributed by atoms with van der Waals surface area (Å²) in [5, 5.41) is 10.6. The molecule has 1 aromatic heterocycles. The van der Waals surface area contributed by atoms with Crippen LogP contribution < -0.4 is 4.74 Å². The molecule has 0 fully saturated rings. The molecule has 0 aliphatic carbocycles. The normalized spacial score (nSPS) is 9.95. The Morgan fingerprint density at radius 2 is 2.11 bits per heavy atom. The Balaban J connectivity index is 2.38. The molecule has 0 spiro atoms. The molecule has 2 aromatic rings. The molecule has 96 valence electrons. The molecule has 1 heterocycles. The van der Waals surface area contributed by atoms with Crippen molar-refractivity contribution in [3.63, 3.8) is 0 Å². The van der Waals surface area contributed by atoms with E-state index in [1.54, 1.807) is 25.3 Å². The summed E-state index contributed by atoms with van der Waals surface area (Å²) in [4.78, 5) is 25.1. The maximum absolute atomic E-state index is 11.0. The number of rotatable bonds is 4. The number of nitro groups is 1. The van der Waals surface area contributed by atoms with Gasteiger partial charge in [-0.05, 0) is 25.1 Å². The number of ether oxygens (including phenoxy) is 1. The Hall–Kier alpha value is -2.76. The van der Waals surface area contributed by atoms with Gasteiger partial charge in [-0.1, -0.05) is 0 Å². The number of nitro benzene ring substituents is 1. The number of hydrogen-bond acceptors (Lipinski definition) is 5. The highest BCUT2D eigenvalue weighted by atomic mass is 16.6. The van der Waals surface area contributed by atoms with Crippen LogP contribution in [0.1, 0.15) is 16.1 Å². The van der Waals surface area contributed by atoms with Crippen LogP contribution in [0.5, 0.6) is 11.5 Å². The first-order valence-electron chi connectivity index (χ1n) is 5.45. The first kappa shape index (κ1) is 12.7. The predicted molar refractivity (Wildman–Crippen MR) is 67.5 cm³/mol. The molecule has 1 aromatic carbocycles. The van der Waals surface area contributed by atoms with E-state index < -0.39 is 4.92 Å². The minimum atomic E-state index is -0.563. The van der Waals surface area contributed by atoms with Crippen LogP contribution in [0, 0.1) is 17.0 Å². The molecule has 0 bridgehead atoms. The summed E-state index contributed by atoms with van der Waals surface area (Å²) in [5.74, 6) is 0.760. The molecule has 0 aliphatic heterocycles. The van der Waals surface area contributed by atoms with Crippen molar-refractivity contribution in [3.8, 4) is 11.5 Å². The lowest BCUT2D eigenvalue weighted by Gasteiger charge is -2.09. The number of benzene rings is 1. The summed E-state index contributed by atoms with van der Waals surface area (Å²) in [5.41, 5.74) is 0.632. The minimum absolute atomic E-state index is 0.123. The van der Waals surface area contributed by atoms with Gasteiger partial charge in [0.2, 0.25) is 0 Å². The second-order valence-corrected chi connectivity index (χ2v) is 3.79. The van der Waals surface area contributed by atoms with E-state index in [9.17, 15) is 14.9 Å². The maximum atomic E-state index is 11.0. The van der Waals surface area contributed by atoms with Crippen LogP contribution in [0.2, 0.25) is 0 Å². The summed E-state index contributed by atoms with van der Waals surface area (Å²) < 4.78 is 5.55.